The molecule has 0 aromatic heterocycles. The van der Waals surface area contributed by atoms with Crippen LogP contribution in [0.5, 0.6) is 0 Å². The van der Waals surface area contributed by atoms with E-state index in [2.05, 4.69) is 36.5 Å². The van der Waals surface area contributed by atoms with Crippen LogP contribution >= 0.6 is 0 Å². The molecule has 0 spiro atoms. The fourth-order valence-corrected chi connectivity index (χ4v) is 3.32. The number of nitrogens with zero attached hydrogens (tertiary/aromatic N) is 2. The van der Waals surface area contributed by atoms with Crippen molar-refractivity contribution >= 4 is 6.21 Å². The first-order chi connectivity index (χ1) is 14.7. The fraction of sp³-hybridized carbons (Fsp3) is 0.480. The first-order valence-corrected chi connectivity index (χ1v) is 10.6. The molecule has 0 rings (SSSR count). The number of unbranched alkanes of at least 4 members (excludes halogenated alkanes) is 1. The summed E-state index contributed by atoms with van der Waals surface area (Å²) < 4.78 is 25.8. The standard InChI is InChI=1S/C25H40F2N4/c1-8-10-12-22(19(3)4)21(17-28)14-13-20(11-9-2)25(31(6)7)23(15-16-29-5)30-18-24(26)27/h9,11-12,15-17,24-25,30H,2-3,8,10,13-14,18,28H2,1,4-7H3/b20-11-,21-17-,22-12-,23-15-,29-16-. The quantitative estimate of drug-likeness (QED) is 0.268. The van der Waals surface area contributed by atoms with Gasteiger partial charge in [-0.25, -0.2) is 8.78 Å². The van der Waals surface area contributed by atoms with E-state index in [9.17, 15) is 8.78 Å². The number of likely N-dealkylation sites (N-methyl/N-ethyl adjacent to an activating group) is 1. The lowest BCUT2D eigenvalue weighted by molar-refractivity contribution is 0.147. The number of allylic oxidation sites excluding steroid dienone is 7. The second-order valence-corrected chi connectivity index (χ2v) is 7.52. The van der Waals surface area contributed by atoms with Gasteiger partial charge >= 0.3 is 0 Å². The molecule has 0 aliphatic heterocycles. The van der Waals surface area contributed by atoms with Crippen molar-refractivity contribution < 1.29 is 8.78 Å². The summed E-state index contributed by atoms with van der Waals surface area (Å²) in [5, 5.41) is 2.88. The molecule has 0 saturated carbocycles. The van der Waals surface area contributed by atoms with E-state index < -0.39 is 13.0 Å². The SMILES string of the molecule is C=C/C=C(/CCC(=C/N)/C(=C\CCC)C(=C)C)C(/C(=C/C=N\C)NCC(F)F)N(C)C. The lowest BCUT2D eigenvalue weighted by Gasteiger charge is -2.30. The molecule has 0 saturated heterocycles. The summed E-state index contributed by atoms with van der Waals surface area (Å²) in [6.07, 6.45) is 11.8. The number of hydrogen-bond donors (Lipinski definition) is 2. The first-order valence-electron chi connectivity index (χ1n) is 10.6. The molecule has 0 bridgehead atoms. The Morgan fingerprint density at radius 3 is 2.35 bits per heavy atom. The average Bonchev–Trinajstić information content (AvgIpc) is 2.71. The molecule has 0 aromatic carbocycles. The van der Waals surface area contributed by atoms with Crippen molar-refractivity contribution in [3.63, 3.8) is 0 Å². The molecule has 0 aliphatic carbocycles. The first kappa shape index (κ1) is 28.5. The van der Waals surface area contributed by atoms with Gasteiger partial charge in [0.15, 0.2) is 0 Å². The monoisotopic (exact) mass is 434 g/mol. The maximum Gasteiger partial charge on any atom is 0.255 e. The summed E-state index contributed by atoms with van der Waals surface area (Å²) >= 11 is 0. The van der Waals surface area contributed by atoms with Crippen LogP contribution in [-0.2, 0) is 0 Å². The van der Waals surface area contributed by atoms with Gasteiger partial charge in [0.2, 0.25) is 0 Å². The molecule has 1 unspecified atom stereocenters. The molecule has 1 atom stereocenters. The van der Waals surface area contributed by atoms with Crippen molar-refractivity contribution in [2.45, 2.75) is 52.0 Å². The van der Waals surface area contributed by atoms with Crippen LogP contribution < -0.4 is 11.1 Å². The maximum absolute atomic E-state index is 12.9. The lowest BCUT2D eigenvalue weighted by Crippen LogP contribution is -2.39. The Bertz CT molecular complexity index is 713. The van der Waals surface area contributed by atoms with Crippen LogP contribution in [0.25, 0.3) is 0 Å². The van der Waals surface area contributed by atoms with Crippen molar-refractivity contribution in [3.8, 4) is 0 Å². The third-order valence-electron chi connectivity index (χ3n) is 4.68. The van der Waals surface area contributed by atoms with E-state index in [0.29, 0.717) is 18.5 Å². The maximum atomic E-state index is 12.9. The van der Waals surface area contributed by atoms with E-state index in [4.69, 9.17) is 5.73 Å². The van der Waals surface area contributed by atoms with E-state index in [-0.39, 0.29) is 6.04 Å². The van der Waals surface area contributed by atoms with Gasteiger partial charge in [-0.1, -0.05) is 50.3 Å². The Labute approximate surface area is 187 Å². The van der Waals surface area contributed by atoms with Gasteiger partial charge in [0.25, 0.3) is 6.43 Å². The van der Waals surface area contributed by atoms with E-state index in [0.717, 1.165) is 35.1 Å². The number of halogens is 2. The molecular formula is C25H40F2N4. The molecule has 4 nitrogen and oxygen atoms in total. The van der Waals surface area contributed by atoms with Crippen molar-refractivity contribution in [2.24, 2.45) is 10.7 Å². The molecule has 174 valence electrons. The van der Waals surface area contributed by atoms with E-state index >= 15 is 0 Å². The molecule has 3 N–H and O–H groups in total. The summed E-state index contributed by atoms with van der Waals surface area (Å²) in [7, 11) is 5.48. The third-order valence-corrected chi connectivity index (χ3v) is 4.68. The minimum atomic E-state index is -2.45. The highest BCUT2D eigenvalue weighted by molar-refractivity contribution is 5.72. The zero-order chi connectivity index (χ0) is 23.8. The van der Waals surface area contributed by atoms with Crippen LogP contribution in [0.2, 0.25) is 0 Å². The second kappa shape index (κ2) is 16.3. The summed E-state index contributed by atoms with van der Waals surface area (Å²) in [5.74, 6) is 0. The molecule has 0 amide bonds. The number of nitrogens with one attached hydrogen (secondary N) is 1. The molecule has 0 aromatic rings. The molecule has 0 heterocycles. The normalized spacial score (nSPS) is 15.1. The molecule has 6 heteroatoms. The zero-order valence-corrected chi connectivity index (χ0v) is 19.8. The van der Waals surface area contributed by atoms with Gasteiger partial charge in [-0.05, 0) is 69.3 Å². The van der Waals surface area contributed by atoms with Gasteiger partial charge in [0.1, 0.15) is 0 Å². The van der Waals surface area contributed by atoms with Crippen LogP contribution in [0.4, 0.5) is 8.78 Å². The third kappa shape index (κ3) is 10.9. The van der Waals surface area contributed by atoms with Gasteiger partial charge in [-0.3, -0.25) is 9.89 Å². The zero-order valence-electron chi connectivity index (χ0n) is 19.8. The minimum Gasteiger partial charge on any atom is -0.404 e. The highest BCUT2D eigenvalue weighted by Crippen LogP contribution is 2.27. The predicted octanol–water partition coefficient (Wildman–Crippen LogP) is 5.39. The van der Waals surface area contributed by atoms with Crippen LogP contribution in [-0.4, -0.2) is 51.3 Å². The largest absolute Gasteiger partial charge is 0.404 e. The van der Waals surface area contributed by atoms with Gasteiger partial charge in [0, 0.05) is 19.0 Å². The van der Waals surface area contributed by atoms with Crippen molar-refractivity contribution in [3.05, 3.63) is 71.7 Å². The molecular weight excluding hydrogens is 394 g/mol. The van der Waals surface area contributed by atoms with Gasteiger partial charge in [0.05, 0.1) is 12.6 Å². The molecule has 0 fully saturated rings. The van der Waals surface area contributed by atoms with E-state index in [1.165, 1.54) is 0 Å². The number of rotatable bonds is 15. The van der Waals surface area contributed by atoms with Gasteiger partial charge in [-0.2, -0.15) is 0 Å². The van der Waals surface area contributed by atoms with Crippen molar-refractivity contribution in [1.29, 1.82) is 0 Å². The Balaban J connectivity index is 5.94. The average molecular weight is 435 g/mol. The lowest BCUT2D eigenvalue weighted by atomic mass is 9.90. The van der Waals surface area contributed by atoms with Crippen molar-refractivity contribution in [1.82, 2.24) is 10.2 Å². The predicted molar refractivity (Wildman–Crippen MR) is 132 cm³/mol. The molecule has 31 heavy (non-hydrogen) atoms. The minimum absolute atomic E-state index is 0.235. The van der Waals surface area contributed by atoms with Crippen LogP contribution in [0, 0.1) is 0 Å². The number of nitrogens with two attached hydrogens (primary N) is 1. The van der Waals surface area contributed by atoms with Gasteiger partial charge < -0.3 is 11.1 Å². The summed E-state index contributed by atoms with van der Waals surface area (Å²) in [6, 6.07) is -0.235. The summed E-state index contributed by atoms with van der Waals surface area (Å²) in [4.78, 5) is 5.97. The highest BCUT2D eigenvalue weighted by atomic mass is 19.3. The number of aliphatic imine (C=N–C) groups is 1. The van der Waals surface area contributed by atoms with Crippen LogP contribution in [0.15, 0.2) is 76.6 Å². The Hall–Kier alpha value is -2.47. The number of hydrogen-bond acceptors (Lipinski definition) is 4. The van der Waals surface area contributed by atoms with E-state index in [1.807, 2.05) is 32.0 Å². The second-order valence-electron chi connectivity index (χ2n) is 7.52. The highest BCUT2D eigenvalue weighted by Gasteiger charge is 2.22. The molecule has 0 aliphatic rings. The summed E-state index contributed by atoms with van der Waals surface area (Å²) in [6.45, 7) is 11.6. The summed E-state index contributed by atoms with van der Waals surface area (Å²) in [5.41, 5.74) is 10.7. The van der Waals surface area contributed by atoms with Crippen LogP contribution in [0.3, 0.4) is 0 Å². The smallest absolute Gasteiger partial charge is 0.255 e. The van der Waals surface area contributed by atoms with Gasteiger partial charge in [-0.15, -0.1) is 0 Å². The van der Waals surface area contributed by atoms with Crippen LogP contribution in [0.1, 0.15) is 39.5 Å². The topological polar surface area (TPSA) is 53.6 Å². The Kier molecular flexibility index (Phi) is 15.0. The van der Waals surface area contributed by atoms with E-state index in [1.54, 1.807) is 31.6 Å². The Morgan fingerprint density at radius 1 is 1.23 bits per heavy atom. The molecule has 0 radical (unpaired) electrons. The fourth-order valence-electron chi connectivity index (χ4n) is 3.32. The van der Waals surface area contributed by atoms with Crippen molar-refractivity contribution in [2.75, 3.05) is 27.7 Å². The Morgan fingerprint density at radius 2 is 1.90 bits per heavy atom. The number of alkyl halides is 2.